The van der Waals surface area contributed by atoms with Crippen LogP contribution in [0.5, 0.6) is 0 Å². The van der Waals surface area contributed by atoms with Crippen LogP contribution in [-0.2, 0) is 6.42 Å². The van der Waals surface area contributed by atoms with E-state index in [1.807, 2.05) is 6.07 Å². The summed E-state index contributed by atoms with van der Waals surface area (Å²) >= 11 is 5.96. The summed E-state index contributed by atoms with van der Waals surface area (Å²) in [5.74, 6) is 0. The number of allylic oxidation sites excluding steroid dienone is 1. The van der Waals surface area contributed by atoms with E-state index in [-0.39, 0.29) is 0 Å². The lowest BCUT2D eigenvalue weighted by Crippen LogP contribution is -1.88. The normalized spacial score (nSPS) is 13.4. The van der Waals surface area contributed by atoms with Crippen molar-refractivity contribution in [3.63, 3.8) is 0 Å². The molecule has 64 valence electrons. The maximum atomic E-state index is 8.71. The van der Waals surface area contributed by atoms with Gasteiger partial charge in [0.05, 0.1) is 22.3 Å². The predicted octanol–water partition coefficient (Wildman–Crippen LogP) is 2.69. The molecule has 0 bridgehead atoms. The summed E-state index contributed by atoms with van der Waals surface area (Å²) in [5.41, 5.74) is 3.46. The molecule has 1 aromatic carbocycles. The van der Waals surface area contributed by atoms with Gasteiger partial charge >= 0.3 is 0 Å². The van der Waals surface area contributed by atoms with Crippen LogP contribution in [0.1, 0.15) is 11.1 Å². The van der Waals surface area contributed by atoms with Crippen molar-refractivity contribution in [3.8, 4) is 6.07 Å². The molecule has 3 heteroatoms. The van der Waals surface area contributed by atoms with Crippen molar-refractivity contribution in [2.45, 2.75) is 6.42 Å². The van der Waals surface area contributed by atoms with Gasteiger partial charge in [0.2, 0.25) is 0 Å². The lowest BCUT2D eigenvalue weighted by Gasteiger charge is -2.02. The molecule has 2 nitrogen and oxygen atoms in total. The Bertz CT molecular complexity index is 429. The molecule has 1 aromatic rings. The van der Waals surface area contributed by atoms with Gasteiger partial charge in [-0.3, -0.25) is 0 Å². The number of halogens is 1. The molecule has 0 saturated carbocycles. The molecular weight excluding hydrogens is 184 g/mol. The Kier molecular flexibility index (Phi) is 1.75. The third-order valence-corrected chi connectivity index (χ3v) is 2.30. The quantitative estimate of drug-likeness (QED) is 0.683. The molecule has 1 aliphatic heterocycles. The molecule has 0 aromatic heterocycles. The summed E-state index contributed by atoms with van der Waals surface area (Å²) in [6.07, 6.45) is 0.755. The van der Waals surface area contributed by atoms with Crippen molar-refractivity contribution in [2.24, 2.45) is 0 Å². The van der Waals surface area contributed by atoms with Gasteiger partial charge in [-0.05, 0) is 17.7 Å². The average Bonchev–Trinajstić information content (AvgIpc) is 2.46. The minimum Gasteiger partial charge on any atom is -0.358 e. The number of fused-ring (bicyclic) bond motifs is 1. The van der Waals surface area contributed by atoms with Crippen LogP contribution in [0.2, 0.25) is 5.02 Å². The van der Waals surface area contributed by atoms with Crippen molar-refractivity contribution < 1.29 is 0 Å². The zero-order valence-corrected chi connectivity index (χ0v) is 7.65. The fraction of sp³-hybridized carbons (Fsp3) is 0.100. The Balaban J connectivity index is 2.60. The SMILES string of the molecule is C=C1Cc2cc(C#N)cc(Cl)c2N1. The summed E-state index contributed by atoms with van der Waals surface area (Å²) in [6.45, 7) is 3.81. The number of nitriles is 1. The monoisotopic (exact) mass is 190 g/mol. The topological polar surface area (TPSA) is 35.8 Å². The number of anilines is 1. The summed E-state index contributed by atoms with van der Waals surface area (Å²) in [7, 11) is 0. The van der Waals surface area contributed by atoms with Crippen molar-refractivity contribution in [2.75, 3.05) is 5.32 Å². The first-order chi connectivity index (χ1) is 6.20. The molecule has 1 N–H and O–H groups in total. The largest absolute Gasteiger partial charge is 0.358 e. The van der Waals surface area contributed by atoms with Crippen LogP contribution in [0.25, 0.3) is 0 Å². The first kappa shape index (κ1) is 8.15. The van der Waals surface area contributed by atoms with Crippen LogP contribution in [0.3, 0.4) is 0 Å². The van der Waals surface area contributed by atoms with E-state index in [4.69, 9.17) is 16.9 Å². The third kappa shape index (κ3) is 1.28. The number of hydrogen-bond acceptors (Lipinski definition) is 2. The Morgan fingerprint density at radius 1 is 1.54 bits per heavy atom. The zero-order valence-electron chi connectivity index (χ0n) is 6.89. The van der Waals surface area contributed by atoms with Crippen molar-refractivity contribution in [3.05, 3.63) is 40.6 Å². The molecule has 13 heavy (non-hydrogen) atoms. The standard InChI is InChI=1S/C10H7ClN2/c1-6-2-8-3-7(5-12)4-9(11)10(8)13-6/h3-4,13H,1-2H2. The highest BCUT2D eigenvalue weighted by Gasteiger charge is 2.17. The molecule has 0 spiro atoms. The fourth-order valence-corrected chi connectivity index (χ4v) is 1.74. The summed E-state index contributed by atoms with van der Waals surface area (Å²) in [5, 5.41) is 12.4. The van der Waals surface area contributed by atoms with Gasteiger partial charge in [-0.1, -0.05) is 18.2 Å². The fourth-order valence-electron chi connectivity index (χ4n) is 1.46. The molecule has 1 aliphatic rings. The van der Waals surface area contributed by atoms with Crippen molar-refractivity contribution in [1.82, 2.24) is 0 Å². The Hall–Kier alpha value is -1.46. The van der Waals surface area contributed by atoms with Crippen LogP contribution in [0.4, 0.5) is 5.69 Å². The molecule has 0 aliphatic carbocycles. The minimum atomic E-state index is 0.590. The second kappa shape index (κ2) is 2.79. The second-order valence-corrected chi connectivity index (χ2v) is 3.42. The smallest absolute Gasteiger partial charge is 0.0992 e. The lowest BCUT2D eigenvalue weighted by molar-refractivity contribution is 1.26. The van der Waals surface area contributed by atoms with Gasteiger partial charge in [0, 0.05) is 12.1 Å². The van der Waals surface area contributed by atoms with Crippen molar-refractivity contribution >= 4 is 17.3 Å². The van der Waals surface area contributed by atoms with Crippen LogP contribution in [0.15, 0.2) is 24.4 Å². The Morgan fingerprint density at radius 2 is 2.31 bits per heavy atom. The molecule has 0 saturated heterocycles. The van der Waals surface area contributed by atoms with Crippen LogP contribution in [-0.4, -0.2) is 0 Å². The molecule has 0 amide bonds. The molecule has 2 rings (SSSR count). The molecule has 0 fully saturated rings. The maximum Gasteiger partial charge on any atom is 0.0992 e. The average molecular weight is 191 g/mol. The third-order valence-electron chi connectivity index (χ3n) is 2.01. The number of benzene rings is 1. The highest BCUT2D eigenvalue weighted by molar-refractivity contribution is 6.33. The molecule has 1 heterocycles. The number of hydrogen-bond donors (Lipinski definition) is 1. The van der Waals surface area contributed by atoms with Gasteiger partial charge in [-0.25, -0.2) is 0 Å². The Labute approximate surface area is 81.4 Å². The maximum absolute atomic E-state index is 8.71. The number of rotatable bonds is 0. The molecule has 0 unspecified atom stereocenters. The van der Waals surface area contributed by atoms with Gasteiger partial charge in [0.1, 0.15) is 0 Å². The number of nitrogens with zero attached hydrogens (tertiary/aromatic N) is 1. The summed E-state index contributed by atoms with van der Waals surface area (Å²) in [4.78, 5) is 0. The van der Waals surface area contributed by atoms with E-state index in [2.05, 4.69) is 18.0 Å². The van der Waals surface area contributed by atoms with Gasteiger partial charge in [0.15, 0.2) is 0 Å². The van der Waals surface area contributed by atoms with Gasteiger partial charge in [0.25, 0.3) is 0 Å². The summed E-state index contributed by atoms with van der Waals surface area (Å²) in [6, 6.07) is 5.57. The van der Waals surface area contributed by atoms with E-state index in [0.717, 1.165) is 23.4 Å². The first-order valence-corrected chi connectivity index (χ1v) is 4.26. The first-order valence-electron chi connectivity index (χ1n) is 3.88. The van der Waals surface area contributed by atoms with Gasteiger partial charge in [-0.15, -0.1) is 0 Å². The van der Waals surface area contributed by atoms with E-state index in [1.165, 1.54) is 0 Å². The Morgan fingerprint density at radius 3 is 3.00 bits per heavy atom. The highest BCUT2D eigenvalue weighted by atomic mass is 35.5. The summed E-state index contributed by atoms with van der Waals surface area (Å²) < 4.78 is 0. The van der Waals surface area contributed by atoms with Crippen LogP contribution >= 0.6 is 11.6 Å². The van der Waals surface area contributed by atoms with E-state index in [0.29, 0.717) is 10.6 Å². The molecule has 0 radical (unpaired) electrons. The van der Waals surface area contributed by atoms with E-state index < -0.39 is 0 Å². The second-order valence-electron chi connectivity index (χ2n) is 3.01. The molecular formula is C10H7ClN2. The molecule has 0 atom stereocenters. The van der Waals surface area contributed by atoms with E-state index >= 15 is 0 Å². The zero-order chi connectivity index (χ0) is 9.42. The highest BCUT2D eigenvalue weighted by Crippen LogP contribution is 2.34. The van der Waals surface area contributed by atoms with E-state index in [1.54, 1.807) is 6.07 Å². The van der Waals surface area contributed by atoms with Crippen molar-refractivity contribution in [1.29, 1.82) is 5.26 Å². The van der Waals surface area contributed by atoms with Crippen LogP contribution in [0, 0.1) is 11.3 Å². The minimum absolute atomic E-state index is 0.590. The lowest BCUT2D eigenvalue weighted by atomic mass is 10.1. The number of nitrogens with one attached hydrogen (secondary N) is 1. The van der Waals surface area contributed by atoms with Gasteiger partial charge in [-0.2, -0.15) is 5.26 Å². The van der Waals surface area contributed by atoms with E-state index in [9.17, 15) is 0 Å². The van der Waals surface area contributed by atoms with Crippen LogP contribution < -0.4 is 5.32 Å². The van der Waals surface area contributed by atoms with Gasteiger partial charge < -0.3 is 5.32 Å². The predicted molar refractivity (Wildman–Crippen MR) is 52.6 cm³/mol.